The molecule has 0 aliphatic carbocycles. The second kappa shape index (κ2) is 5.87. The number of aromatic hydroxyl groups is 1. The van der Waals surface area contributed by atoms with Crippen molar-refractivity contribution in [3.05, 3.63) is 59.7 Å². The summed E-state index contributed by atoms with van der Waals surface area (Å²) >= 11 is 0. The summed E-state index contributed by atoms with van der Waals surface area (Å²) in [5, 5.41) is 13.8. The Hall–Kier alpha value is -2.49. The highest BCUT2D eigenvalue weighted by Gasteiger charge is 2.21. The van der Waals surface area contributed by atoms with Gasteiger partial charge in [0.25, 0.3) is 0 Å². The van der Waals surface area contributed by atoms with E-state index in [-0.39, 0.29) is 11.8 Å². The number of phenols is 1. The van der Waals surface area contributed by atoms with Crippen molar-refractivity contribution < 1.29 is 9.84 Å². The van der Waals surface area contributed by atoms with E-state index < -0.39 is 0 Å². The van der Waals surface area contributed by atoms with Crippen molar-refractivity contribution in [1.82, 2.24) is 5.43 Å². The summed E-state index contributed by atoms with van der Waals surface area (Å²) in [5.41, 5.74) is 6.42. The molecule has 2 aromatic carbocycles. The minimum Gasteiger partial charge on any atom is -0.508 e. The van der Waals surface area contributed by atoms with E-state index in [1.807, 2.05) is 43.3 Å². The molecule has 0 bridgehead atoms. The zero-order valence-corrected chi connectivity index (χ0v) is 11.9. The van der Waals surface area contributed by atoms with Crippen molar-refractivity contribution in [2.24, 2.45) is 5.10 Å². The van der Waals surface area contributed by atoms with Crippen LogP contribution in [0.15, 0.2) is 53.6 Å². The molecule has 1 heterocycles. The highest BCUT2D eigenvalue weighted by molar-refractivity contribution is 6.01. The van der Waals surface area contributed by atoms with Crippen LogP contribution in [-0.2, 0) is 0 Å². The molecule has 0 saturated heterocycles. The predicted octanol–water partition coefficient (Wildman–Crippen LogP) is 3.23. The lowest BCUT2D eigenvalue weighted by Crippen LogP contribution is -2.09. The Balaban J connectivity index is 1.69. The van der Waals surface area contributed by atoms with E-state index in [4.69, 9.17) is 4.74 Å². The van der Waals surface area contributed by atoms with Crippen molar-refractivity contribution in [2.45, 2.75) is 19.4 Å². The summed E-state index contributed by atoms with van der Waals surface area (Å²) in [6.07, 6.45) is 0.832. The summed E-state index contributed by atoms with van der Waals surface area (Å²) < 4.78 is 5.45. The monoisotopic (exact) mass is 282 g/mol. The molecule has 4 heteroatoms. The van der Waals surface area contributed by atoms with Crippen LogP contribution in [0.25, 0.3) is 0 Å². The number of benzene rings is 2. The Morgan fingerprint density at radius 3 is 2.52 bits per heavy atom. The van der Waals surface area contributed by atoms with Gasteiger partial charge in [-0.05, 0) is 54.4 Å². The Labute approximate surface area is 124 Å². The maximum absolute atomic E-state index is 9.34. The second-order valence-corrected chi connectivity index (χ2v) is 4.99. The van der Waals surface area contributed by atoms with Crippen molar-refractivity contribution in [2.75, 3.05) is 6.61 Å². The van der Waals surface area contributed by atoms with Crippen molar-refractivity contribution >= 4 is 5.71 Å². The van der Waals surface area contributed by atoms with E-state index in [1.165, 1.54) is 0 Å². The molecule has 4 nitrogen and oxygen atoms in total. The Kier molecular flexibility index (Phi) is 3.77. The fourth-order valence-corrected chi connectivity index (χ4v) is 2.43. The first-order chi connectivity index (χ1) is 10.3. The van der Waals surface area contributed by atoms with E-state index in [1.54, 1.807) is 12.1 Å². The molecule has 3 rings (SSSR count). The van der Waals surface area contributed by atoms with Gasteiger partial charge in [0.15, 0.2) is 0 Å². The van der Waals surface area contributed by atoms with Crippen LogP contribution in [0, 0.1) is 0 Å². The first kappa shape index (κ1) is 13.5. The van der Waals surface area contributed by atoms with Gasteiger partial charge < -0.3 is 15.3 Å². The van der Waals surface area contributed by atoms with Gasteiger partial charge in [-0.2, -0.15) is 5.10 Å². The van der Waals surface area contributed by atoms with Gasteiger partial charge in [-0.25, -0.2) is 0 Å². The maximum Gasteiger partial charge on any atom is 0.119 e. The quantitative estimate of drug-likeness (QED) is 0.905. The van der Waals surface area contributed by atoms with Gasteiger partial charge in [-0.3, -0.25) is 0 Å². The number of phenolic OH excluding ortho intramolecular Hbond substituents is 1. The lowest BCUT2D eigenvalue weighted by molar-refractivity contribution is 0.340. The van der Waals surface area contributed by atoms with Gasteiger partial charge >= 0.3 is 0 Å². The van der Waals surface area contributed by atoms with Crippen LogP contribution in [0.4, 0.5) is 0 Å². The number of ether oxygens (including phenoxy) is 1. The molecule has 2 aromatic rings. The number of hydrazone groups is 1. The standard InChI is InChI=1S/C17H18N2O2/c1-2-21-15-9-5-13(6-10-15)17-11-16(18-19-17)12-3-7-14(20)8-4-12/h3-10,16,18,20H,2,11H2,1H3. The van der Waals surface area contributed by atoms with Gasteiger partial charge in [0.1, 0.15) is 11.5 Å². The average Bonchev–Trinajstić information content (AvgIpc) is 2.99. The van der Waals surface area contributed by atoms with Gasteiger partial charge in [0, 0.05) is 6.42 Å². The molecule has 21 heavy (non-hydrogen) atoms. The first-order valence-corrected chi connectivity index (χ1v) is 7.10. The van der Waals surface area contributed by atoms with Crippen LogP contribution >= 0.6 is 0 Å². The molecule has 0 spiro atoms. The van der Waals surface area contributed by atoms with Gasteiger partial charge in [-0.15, -0.1) is 0 Å². The minimum atomic E-state index is 0.159. The molecule has 1 aliphatic heterocycles. The molecular weight excluding hydrogens is 264 g/mol. The van der Waals surface area contributed by atoms with Crippen LogP contribution < -0.4 is 10.2 Å². The zero-order valence-electron chi connectivity index (χ0n) is 11.9. The molecule has 0 amide bonds. The highest BCUT2D eigenvalue weighted by Crippen LogP contribution is 2.26. The molecule has 2 N–H and O–H groups in total. The maximum atomic E-state index is 9.34. The van der Waals surface area contributed by atoms with Gasteiger partial charge in [0.2, 0.25) is 0 Å². The molecule has 0 saturated carbocycles. The third kappa shape index (κ3) is 2.99. The van der Waals surface area contributed by atoms with E-state index in [0.29, 0.717) is 6.61 Å². The SMILES string of the molecule is CCOc1ccc(C2=NNC(c3ccc(O)cc3)C2)cc1. The molecular formula is C17H18N2O2. The molecule has 0 fully saturated rings. The fourth-order valence-electron chi connectivity index (χ4n) is 2.43. The third-order valence-electron chi connectivity index (χ3n) is 3.55. The molecule has 0 radical (unpaired) electrons. The van der Waals surface area contributed by atoms with E-state index in [0.717, 1.165) is 29.0 Å². The van der Waals surface area contributed by atoms with Crippen LogP contribution in [0.5, 0.6) is 11.5 Å². The topological polar surface area (TPSA) is 53.8 Å². The second-order valence-electron chi connectivity index (χ2n) is 4.99. The van der Waals surface area contributed by atoms with Crippen molar-refractivity contribution in [3.8, 4) is 11.5 Å². The Morgan fingerprint density at radius 2 is 1.86 bits per heavy atom. The zero-order chi connectivity index (χ0) is 14.7. The van der Waals surface area contributed by atoms with Crippen LogP contribution in [0.3, 0.4) is 0 Å². The fraction of sp³-hybridized carbons (Fsp3) is 0.235. The van der Waals surface area contributed by atoms with Crippen molar-refractivity contribution in [1.29, 1.82) is 0 Å². The normalized spacial score (nSPS) is 17.2. The summed E-state index contributed by atoms with van der Waals surface area (Å²) in [4.78, 5) is 0. The lowest BCUT2D eigenvalue weighted by atomic mass is 9.99. The largest absolute Gasteiger partial charge is 0.508 e. The summed E-state index contributed by atoms with van der Waals surface area (Å²) in [6.45, 7) is 2.64. The summed E-state index contributed by atoms with van der Waals surface area (Å²) in [7, 11) is 0. The summed E-state index contributed by atoms with van der Waals surface area (Å²) in [5.74, 6) is 1.16. The third-order valence-corrected chi connectivity index (χ3v) is 3.55. The van der Waals surface area contributed by atoms with Gasteiger partial charge in [0.05, 0.1) is 18.4 Å². The molecule has 1 unspecified atom stereocenters. The average molecular weight is 282 g/mol. The smallest absolute Gasteiger partial charge is 0.119 e. The van der Waals surface area contributed by atoms with Crippen molar-refractivity contribution in [3.63, 3.8) is 0 Å². The molecule has 1 atom stereocenters. The molecule has 1 aliphatic rings. The first-order valence-electron chi connectivity index (χ1n) is 7.10. The van der Waals surface area contributed by atoms with E-state index in [2.05, 4.69) is 10.5 Å². The molecule has 0 aromatic heterocycles. The Morgan fingerprint density at radius 1 is 1.14 bits per heavy atom. The van der Waals surface area contributed by atoms with E-state index in [9.17, 15) is 5.11 Å². The lowest BCUT2D eigenvalue weighted by Gasteiger charge is -2.10. The number of rotatable bonds is 4. The number of hydrogen-bond acceptors (Lipinski definition) is 4. The molecule has 108 valence electrons. The van der Waals surface area contributed by atoms with Crippen LogP contribution in [0.2, 0.25) is 0 Å². The van der Waals surface area contributed by atoms with Crippen LogP contribution in [0.1, 0.15) is 30.5 Å². The number of nitrogens with zero attached hydrogens (tertiary/aromatic N) is 1. The van der Waals surface area contributed by atoms with E-state index >= 15 is 0 Å². The Bertz CT molecular complexity index is 633. The summed E-state index contributed by atoms with van der Waals surface area (Å²) in [6, 6.07) is 15.4. The predicted molar refractivity (Wildman–Crippen MR) is 82.7 cm³/mol. The number of hydrogen-bond donors (Lipinski definition) is 2. The highest BCUT2D eigenvalue weighted by atomic mass is 16.5. The minimum absolute atomic E-state index is 0.159. The number of nitrogens with one attached hydrogen (secondary N) is 1. The van der Waals surface area contributed by atoms with Gasteiger partial charge in [-0.1, -0.05) is 12.1 Å². The van der Waals surface area contributed by atoms with Crippen LogP contribution in [-0.4, -0.2) is 17.4 Å².